The summed E-state index contributed by atoms with van der Waals surface area (Å²) in [4.78, 5) is 0.701. The molecule has 0 fully saturated rings. The van der Waals surface area contributed by atoms with E-state index in [0.29, 0.717) is 23.2 Å². The van der Waals surface area contributed by atoms with Crippen LogP contribution < -0.4 is 5.32 Å². The van der Waals surface area contributed by atoms with E-state index in [9.17, 15) is 4.39 Å². The molecule has 0 amide bonds. The molecule has 1 aromatic heterocycles. The van der Waals surface area contributed by atoms with Gasteiger partial charge in [0, 0.05) is 17.5 Å². The zero-order valence-corrected chi connectivity index (χ0v) is 12.0. The molecule has 0 spiro atoms. The minimum atomic E-state index is -0.167. The fourth-order valence-corrected chi connectivity index (χ4v) is 2.69. The van der Waals surface area contributed by atoms with Gasteiger partial charge in [-0.2, -0.15) is 0 Å². The van der Waals surface area contributed by atoms with Crippen LogP contribution in [0.15, 0.2) is 45.9 Å². The maximum Gasteiger partial charge on any atom is 0.137 e. The molecule has 1 N–H and O–H groups in total. The van der Waals surface area contributed by atoms with Crippen molar-refractivity contribution < 1.29 is 8.81 Å². The maximum atomic E-state index is 13.9. The highest BCUT2D eigenvalue weighted by atomic mass is 32.2. The van der Waals surface area contributed by atoms with Crippen molar-refractivity contribution in [2.75, 3.05) is 0 Å². The van der Waals surface area contributed by atoms with Gasteiger partial charge in [-0.15, -0.1) is 11.8 Å². The largest absolute Gasteiger partial charge is 0.468 e. The summed E-state index contributed by atoms with van der Waals surface area (Å²) in [6.45, 7) is 4.83. The Morgan fingerprint density at radius 3 is 2.79 bits per heavy atom. The van der Waals surface area contributed by atoms with E-state index in [0.717, 1.165) is 11.3 Å². The van der Waals surface area contributed by atoms with Gasteiger partial charge in [-0.05, 0) is 23.8 Å². The summed E-state index contributed by atoms with van der Waals surface area (Å²) < 4.78 is 19.2. The molecule has 19 heavy (non-hydrogen) atoms. The van der Waals surface area contributed by atoms with Gasteiger partial charge in [-0.3, -0.25) is 0 Å². The summed E-state index contributed by atoms with van der Waals surface area (Å²) >= 11 is 1.47. The van der Waals surface area contributed by atoms with Gasteiger partial charge in [0.2, 0.25) is 0 Å². The number of halogens is 1. The average molecular weight is 279 g/mol. The van der Waals surface area contributed by atoms with Crippen LogP contribution in [0, 0.1) is 5.82 Å². The first-order chi connectivity index (χ1) is 9.16. The number of thioether (sulfide) groups is 1. The summed E-state index contributed by atoms with van der Waals surface area (Å²) in [6, 6.07) is 9.35. The van der Waals surface area contributed by atoms with Crippen LogP contribution in [0.25, 0.3) is 0 Å². The Morgan fingerprint density at radius 2 is 2.11 bits per heavy atom. The third kappa shape index (κ3) is 4.11. The lowest BCUT2D eigenvalue weighted by Gasteiger charge is -2.12. The van der Waals surface area contributed by atoms with Gasteiger partial charge in [0.05, 0.1) is 12.0 Å². The third-order valence-electron chi connectivity index (χ3n) is 2.69. The maximum absolute atomic E-state index is 13.9. The Hall–Kier alpha value is -1.26. The van der Waals surface area contributed by atoms with E-state index >= 15 is 0 Å². The highest BCUT2D eigenvalue weighted by Gasteiger charge is 2.10. The monoisotopic (exact) mass is 279 g/mol. The van der Waals surface area contributed by atoms with Crippen molar-refractivity contribution in [2.24, 2.45) is 0 Å². The molecular weight excluding hydrogens is 261 g/mol. The van der Waals surface area contributed by atoms with Gasteiger partial charge in [0.1, 0.15) is 11.6 Å². The molecule has 2 nitrogen and oxygen atoms in total. The highest BCUT2D eigenvalue weighted by molar-refractivity contribution is 7.98. The minimum Gasteiger partial charge on any atom is -0.468 e. The Balaban J connectivity index is 2.08. The summed E-state index contributed by atoms with van der Waals surface area (Å²) in [5.41, 5.74) is 0.991. The molecule has 2 aromatic rings. The molecule has 4 heteroatoms. The van der Waals surface area contributed by atoms with E-state index < -0.39 is 0 Å². The standard InChI is InChI=1S/C15H18FNOS/c1-11(2)17-9-12-5-3-7-14(16)15(12)19-10-13-6-4-8-18-13/h3-8,11,17H,9-10H2,1-2H3. The Kier molecular flexibility index (Phi) is 5.05. The van der Waals surface area contributed by atoms with Gasteiger partial charge >= 0.3 is 0 Å². The number of benzene rings is 1. The molecule has 0 aliphatic heterocycles. The zero-order chi connectivity index (χ0) is 13.7. The van der Waals surface area contributed by atoms with Gasteiger partial charge in [0.15, 0.2) is 0 Å². The molecule has 0 saturated heterocycles. The molecule has 1 heterocycles. The van der Waals surface area contributed by atoms with Crippen molar-refractivity contribution in [1.82, 2.24) is 5.32 Å². The number of rotatable bonds is 6. The van der Waals surface area contributed by atoms with Crippen molar-refractivity contribution in [3.8, 4) is 0 Å². The molecule has 102 valence electrons. The van der Waals surface area contributed by atoms with E-state index in [2.05, 4.69) is 19.2 Å². The van der Waals surface area contributed by atoms with Crippen LogP contribution in [0.2, 0.25) is 0 Å². The second-order valence-corrected chi connectivity index (χ2v) is 5.62. The normalized spacial score (nSPS) is 11.2. The second kappa shape index (κ2) is 6.78. The summed E-state index contributed by atoms with van der Waals surface area (Å²) in [7, 11) is 0. The number of hydrogen-bond donors (Lipinski definition) is 1. The van der Waals surface area contributed by atoms with Gasteiger partial charge < -0.3 is 9.73 Å². The predicted molar refractivity (Wildman–Crippen MR) is 76.6 cm³/mol. The van der Waals surface area contributed by atoms with Crippen molar-refractivity contribution in [1.29, 1.82) is 0 Å². The molecule has 0 saturated carbocycles. The van der Waals surface area contributed by atoms with E-state index in [-0.39, 0.29) is 5.82 Å². The van der Waals surface area contributed by atoms with Crippen LogP contribution in [0.1, 0.15) is 25.2 Å². The van der Waals surface area contributed by atoms with Gasteiger partial charge in [-0.1, -0.05) is 26.0 Å². The van der Waals surface area contributed by atoms with Gasteiger partial charge in [0.25, 0.3) is 0 Å². The van der Waals surface area contributed by atoms with E-state index in [4.69, 9.17) is 4.42 Å². The van der Waals surface area contributed by atoms with Crippen molar-refractivity contribution >= 4 is 11.8 Å². The SMILES string of the molecule is CC(C)NCc1cccc(F)c1SCc1ccco1. The molecule has 1 aromatic carbocycles. The van der Waals surface area contributed by atoms with Crippen LogP contribution in [-0.2, 0) is 12.3 Å². The molecule has 0 radical (unpaired) electrons. The fraction of sp³-hybridized carbons (Fsp3) is 0.333. The first kappa shape index (κ1) is 14.2. The Bertz CT molecular complexity index is 511. The van der Waals surface area contributed by atoms with E-state index in [1.165, 1.54) is 17.8 Å². The van der Waals surface area contributed by atoms with Crippen LogP contribution in [0.4, 0.5) is 4.39 Å². The van der Waals surface area contributed by atoms with Crippen molar-refractivity contribution in [3.05, 3.63) is 53.7 Å². The minimum absolute atomic E-state index is 0.167. The highest BCUT2D eigenvalue weighted by Crippen LogP contribution is 2.29. The fourth-order valence-electron chi connectivity index (χ4n) is 1.71. The predicted octanol–water partition coefficient (Wildman–Crippen LogP) is 4.21. The Labute approximate surface area is 117 Å². The number of hydrogen-bond acceptors (Lipinski definition) is 3. The lowest BCUT2D eigenvalue weighted by Crippen LogP contribution is -2.22. The molecule has 0 bridgehead atoms. The van der Waals surface area contributed by atoms with Crippen molar-refractivity contribution in [3.63, 3.8) is 0 Å². The zero-order valence-electron chi connectivity index (χ0n) is 11.2. The van der Waals surface area contributed by atoms with Crippen molar-refractivity contribution in [2.45, 2.75) is 37.1 Å². The lowest BCUT2D eigenvalue weighted by atomic mass is 10.2. The molecular formula is C15H18FNOS. The van der Waals surface area contributed by atoms with E-state index in [1.807, 2.05) is 18.2 Å². The summed E-state index contributed by atoms with van der Waals surface area (Å²) in [5.74, 6) is 1.33. The average Bonchev–Trinajstić information content (AvgIpc) is 2.88. The first-order valence-corrected chi connectivity index (χ1v) is 7.31. The quantitative estimate of drug-likeness (QED) is 0.802. The lowest BCUT2D eigenvalue weighted by molar-refractivity contribution is 0.529. The van der Waals surface area contributed by atoms with Gasteiger partial charge in [-0.25, -0.2) is 4.39 Å². The van der Waals surface area contributed by atoms with Crippen LogP contribution in [-0.4, -0.2) is 6.04 Å². The van der Waals surface area contributed by atoms with Crippen LogP contribution >= 0.6 is 11.8 Å². The smallest absolute Gasteiger partial charge is 0.137 e. The summed E-state index contributed by atoms with van der Waals surface area (Å²) in [6.07, 6.45) is 1.64. The summed E-state index contributed by atoms with van der Waals surface area (Å²) in [5, 5.41) is 3.32. The molecule has 0 aliphatic rings. The van der Waals surface area contributed by atoms with E-state index in [1.54, 1.807) is 12.3 Å². The molecule has 0 aliphatic carbocycles. The molecule has 0 atom stereocenters. The first-order valence-electron chi connectivity index (χ1n) is 6.33. The van der Waals surface area contributed by atoms with Crippen LogP contribution in [0.5, 0.6) is 0 Å². The Morgan fingerprint density at radius 1 is 1.26 bits per heavy atom. The molecule has 0 unspecified atom stereocenters. The molecule has 2 rings (SSSR count). The topological polar surface area (TPSA) is 25.2 Å². The number of furan rings is 1. The van der Waals surface area contributed by atoms with Crippen LogP contribution in [0.3, 0.4) is 0 Å². The third-order valence-corrected chi connectivity index (χ3v) is 3.86. The number of nitrogens with one attached hydrogen (secondary N) is 1. The second-order valence-electron chi connectivity index (χ2n) is 4.63.